The van der Waals surface area contributed by atoms with Gasteiger partial charge in [0.25, 0.3) is 5.56 Å². The van der Waals surface area contributed by atoms with Gasteiger partial charge in [0.15, 0.2) is 0 Å². The summed E-state index contributed by atoms with van der Waals surface area (Å²) in [7, 11) is 0. The molecule has 0 atom stereocenters. The Balaban J connectivity index is 1.80. The summed E-state index contributed by atoms with van der Waals surface area (Å²) in [6.07, 6.45) is 3.99. The molecule has 2 N–H and O–H groups in total. The first kappa shape index (κ1) is 13.3. The zero-order valence-electron chi connectivity index (χ0n) is 12.1. The fourth-order valence-corrected chi connectivity index (χ4v) is 3.00. The molecule has 0 saturated carbocycles. The molecular weight excluding hydrogens is 278 g/mol. The van der Waals surface area contributed by atoms with Gasteiger partial charge >= 0.3 is 0 Å². The largest absolute Gasteiger partial charge is 0.490 e. The highest BCUT2D eigenvalue weighted by molar-refractivity contribution is 6.03. The van der Waals surface area contributed by atoms with Gasteiger partial charge in [-0.05, 0) is 56.3 Å². The van der Waals surface area contributed by atoms with Gasteiger partial charge < -0.3 is 15.0 Å². The lowest BCUT2D eigenvalue weighted by Crippen LogP contribution is -2.34. The predicted molar refractivity (Wildman–Crippen MR) is 86.4 cm³/mol. The third kappa shape index (κ3) is 2.33. The molecule has 3 heterocycles. The van der Waals surface area contributed by atoms with E-state index in [0.717, 1.165) is 48.1 Å². The highest BCUT2D eigenvalue weighted by Crippen LogP contribution is 2.25. The van der Waals surface area contributed by atoms with Gasteiger partial charge in [-0.15, -0.1) is 0 Å². The number of hydrogen-bond donors (Lipinski definition) is 2. The van der Waals surface area contributed by atoms with E-state index in [1.807, 2.05) is 18.2 Å². The van der Waals surface area contributed by atoms with Gasteiger partial charge in [0, 0.05) is 11.6 Å². The van der Waals surface area contributed by atoms with E-state index in [4.69, 9.17) is 4.74 Å². The molecule has 0 unspecified atom stereocenters. The highest BCUT2D eigenvalue weighted by atomic mass is 16.5. The van der Waals surface area contributed by atoms with Crippen molar-refractivity contribution in [3.63, 3.8) is 0 Å². The number of pyridine rings is 2. The number of nitrogens with zero attached hydrogens (tertiary/aromatic N) is 1. The van der Waals surface area contributed by atoms with Crippen LogP contribution in [0.3, 0.4) is 0 Å². The molecule has 4 rings (SSSR count). The Morgan fingerprint density at radius 2 is 2.00 bits per heavy atom. The summed E-state index contributed by atoms with van der Waals surface area (Å²) in [5.41, 5.74) is 1.40. The number of nitrogens with one attached hydrogen (secondary N) is 2. The molecule has 1 aromatic carbocycles. The first-order valence-electron chi connectivity index (χ1n) is 7.59. The number of aromatic amines is 1. The fraction of sp³-hybridized carbons (Fsp3) is 0.294. The summed E-state index contributed by atoms with van der Waals surface area (Å²) in [6.45, 7) is 1.99. The van der Waals surface area contributed by atoms with E-state index in [1.54, 1.807) is 18.3 Å². The quantitative estimate of drug-likeness (QED) is 0.711. The van der Waals surface area contributed by atoms with Gasteiger partial charge in [-0.25, -0.2) is 0 Å². The van der Waals surface area contributed by atoms with Crippen LogP contribution in [-0.4, -0.2) is 29.2 Å². The van der Waals surface area contributed by atoms with Crippen LogP contribution in [0.2, 0.25) is 0 Å². The molecule has 1 saturated heterocycles. The number of ether oxygens (including phenoxy) is 1. The number of H-pyrrole nitrogens is 1. The zero-order chi connectivity index (χ0) is 14.9. The smallest absolute Gasteiger partial charge is 0.257 e. The van der Waals surface area contributed by atoms with Crippen LogP contribution in [0.1, 0.15) is 12.8 Å². The molecule has 1 fully saturated rings. The maximum Gasteiger partial charge on any atom is 0.257 e. The number of aromatic nitrogens is 2. The molecule has 0 radical (unpaired) electrons. The van der Waals surface area contributed by atoms with Crippen LogP contribution in [0.15, 0.2) is 41.3 Å². The molecule has 3 aromatic rings. The van der Waals surface area contributed by atoms with Crippen molar-refractivity contribution in [3.05, 3.63) is 46.9 Å². The van der Waals surface area contributed by atoms with E-state index in [0.29, 0.717) is 5.39 Å². The number of rotatable bonds is 2. The van der Waals surface area contributed by atoms with Gasteiger partial charge in [-0.2, -0.15) is 0 Å². The van der Waals surface area contributed by atoms with E-state index in [2.05, 4.69) is 15.3 Å². The van der Waals surface area contributed by atoms with Crippen LogP contribution in [0.5, 0.6) is 5.75 Å². The lowest BCUT2D eigenvalue weighted by atomic mass is 10.1. The monoisotopic (exact) mass is 295 g/mol. The average Bonchev–Trinajstić information content (AvgIpc) is 2.57. The molecule has 0 bridgehead atoms. The number of hydrogen-bond acceptors (Lipinski definition) is 4. The average molecular weight is 295 g/mol. The predicted octanol–water partition coefficient (Wildman–Crippen LogP) is 2.21. The van der Waals surface area contributed by atoms with Gasteiger partial charge in [0.1, 0.15) is 11.9 Å². The SMILES string of the molecule is O=c1[nH]c2ccc(OC3CCNCC3)cc2c2ncccc12. The second-order valence-electron chi connectivity index (χ2n) is 5.63. The van der Waals surface area contributed by atoms with Crippen molar-refractivity contribution in [1.82, 2.24) is 15.3 Å². The minimum absolute atomic E-state index is 0.109. The Labute approximate surface area is 127 Å². The summed E-state index contributed by atoms with van der Waals surface area (Å²) >= 11 is 0. The van der Waals surface area contributed by atoms with Crippen molar-refractivity contribution in [3.8, 4) is 5.75 Å². The van der Waals surface area contributed by atoms with Gasteiger partial charge in [-0.1, -0.05) is 0 Å². The molecule has 1 aliphatic heterocycles. The Bertz CT molecular complexity index is 882. The van der Waals surface area contributed by atoms with Crippen LogP contribution >= 0.6 is 0 Å². The second kappa shape index (κ2) is 5.42. The maximum atomic E-state index is 12.1. The molecule has 22 heavy (non-hydrogen) atoms. The van der Waals surface area contributed by atoms with E-state index >= 15 is 0 Å². The van der Waals surface area contributed by atoms with Crippen LogP contribution in [-0.2, 0) is 0 Å². The van der Waals surface area contributed by atoms with E-state index in [1.165, 1.54) is 0 Å². The van der Waals surface area contributed by atoms with E-state index in [-0.39, 0.29) is 11.7 Å². The summed E-state index contributed by atoms with van der Waals surface area (Å²) in [6, 6.07) is 9.35. The lowest BCUT2D eigenvalue weighted by molar-refractivity contribution is 0.162. The topological polar surface area (TPSA) is 67.0 Å². The zero-order valence-corrected chi connectivity index (χ0v) is 12.1. The lowest BCUT2D eigenvalue weighted by Gasteiger charge is -2.24. The Morgan fingerprint density at radius 1 is 1.14 bits per heavy atom. The van der Waals surface area contributed by atoms with Crippen molar-refractivity contribution in [2.75, 3.05) is 13.1 Å². The fourth-order valence-electron chi connectivity index (χ4n) is 3.00. The molecule has 5 heteroatoms. The molecular formula is C17H17N3O2. The maximum absolute atomic E-state index is 12.1. The van der Waals surface area contributed by atoms with Crippen LogP contribution in [0, 0.1) is 0 Å². The van der Waals surface area contributed by atoms with E-state index < -0.39 is 0 Å². The van der Waals surface area contributed by atoms with Gasteiger partial charge in [0.2, 0.25) is 0 Å². The van der Waals surface area contributed by atoms with Crippen LogP contribution in [0.4, 0.5) is 0 Å². The van der Waals surface area contributed by atoms with Crippen LogP contribution < -0.4 is 15.6 Å². The summed E-state index contributed by atoms with van der Waals surface area (Å²) in [5, 5.41) is 4.85. The molecule has 0 aliphatic carbocycles. The Morgan fingerprint density at radius 3 is 2.86 bits per heavy atom. The first-order valence-corrected chi connectivity index (χ1v) is 7.59. The molecule has 0 amide bonds. The third-order valence-corrected chi connectivity index (χ3v) is 4.14. The summed E-state index contributed by atoms with van der Waals surface area (Å²) in [5.74, 6) is 0.832. The molecule has 112 valence electrons. The van der Waals surface area contributed by atoms with Gasteiger partial charge in [-0.3, -0.25) is 9.78 Å². The summed E-state index contributed by atoms with van der Waals surface area (Å²) < 4.78 is 6.08. The molecule has 2 aromatic heterocycles. The van der Waals surface area contributed by atoms with E-state index in [9.17, 15) is 4.79 Å². The summed E-state index contributed by atoms with van der Waals surface area (Å²) in [4.78, 5) is 19.3. The molecule has 0 spiro atoms. The highest BCUT2D eigenvalue weighted by Gasteiger charge is 2.15. The first-order chi connectivity index (χ1) is 10.8. The number of benzene rings is 1. The minimum Gasteiger partial charge on any atom is -0.490 e. The van der Waals surface area contributed by atoms with Crippen molar-refractivity contribution < 1.29 is 4.74 Å². The normalized spacial score (nSPS) is 16.2. The third-order valence-electron chi connectivity index (χ3n) is 4.14. The second-order valence-corrected chi connectivity index (χ2v) is 5.63. The Kier molecular flexibility index (Phi) is 3.27. The standard InChI is InChI=1S/C17H17N3O2/c21-17-13-2-1-7-19-16(13)14-10-12(3-4-15(14)20-17)22-11-5-8-18-9-6-11/h1-4,7,10-11,18H,5-6,8-9H2,(H,20,21). The molecule has 5 nitrogen and oxygen atoms in total. The van der Waals surface area contributed by atoms with Gasteiger partial charge in [0.05, 0.1) is 16.4 Å². The number of fused-ring (bicyclic) bond motifs is 3. The van der Waals surface area contributed by atoms with Crippen molar-refractivity contribution in [2.45, 2.75) is 18.9 Å². The van der Waals surface area contributed by atoms with Crippen LogP contribution in [0.25, 0.3) is 21.8 Å². The minimum atomic E-state index is -0.109. The Hall–Kier alpha value is -2.40. The van der Waals surface area contributed by atoms with Crippen molar-refractivity contribution >= 4 is 21.8 Å². The number of piperidine rings is 1. The van der Waals surface area contributed by atoms with Crippen molar-refractivity contribution in [2.24, 2.45) is 0 Å². The van der Waals surface area contributed by atoms with Crippen molar-refractivity contribution in [1.29, 1.82) is 0 Å². The molecule has 1 aliphatic rings.